The normalized spacial score (nSPS) is 13.3. The fraction of sp³-hybridized carbons (Fsp3) is 0.348. The number of ether oxygens (including phenoxy) is 2. The van der Waals surface area contributed by atoms with E-state index in [1.807, 2.05) is 13.8 Å². The van der Waals surface area contributed by atoms with E-state index in [4.69, 9.17) is 9.47 Å². The molecule has 1 aliphatic heterocycles. The maximum absolute atomic E-state index is 13.1. The van der Waals surface area contributed by atoms with Crippen LogP contribution in [0.5, 0.6) is 11.5 Å². The number of hydrogen-bond donors (Lipinski definition) is 1. The van der Waals surface area contributed by atoms with Crippen LogP contribution in [0.3, 0.4) is 0 Å². The maximum Gasteiger partial charge on any atom is 0.416 e. The molecule has 1 aromatic heterocycles. The molecule has 1 amide bonds. The van der Waals surface area contributed by atoms with Gasteiger partial charge in [-0.2, -0.15) is 18.3 Å². The SMILES string of the molecule is CC(C)NC(=O)Cn1nc(Cc2cccc(C(F)(F)F)c2)nc1-c1ccc2c(c1)OCCO2. The van der Waals surface area contributed by atoms with E-state index in [2.05, 4.69) is 15.4 Å². The lowest BCUT2D eigenvalue weighted by Gasteiger charge is -2.18. The van der Waals surface area contributed by atoms with Crippen LogP contribution in [0.15, 0.2) is 42.5 Å². The van der Waals surface area contributed by atoms with Crippen LogP contribution in [0.4, 0.5) is 13.2 Å². The van der Waals surface area contributed by atoms with E-state index in [1.54, 1.807) is 24.3 Å². The number of benzene rings is 2. The summed E-state index contributed by atoms with van der Waals surface area (Å²) < 4.78 is 51.9. The molecule has 0 radical (unpaired) electrons. The predicted octanol–water partition coefficient (Wildman–Crippen LogP) is 3.85. The Morgan fingerprint density at radius 1 is 1.12 bits per heavy atom. The molecule has 174 valence electrons. The minimum atomic E-state index is -4.44. The summed E-state index contributed by atoms with van der Waals surface area (Å²) in [5, 5.41) is 7.23. The summed E-state index contributed by atoms with van der Waals surface area (Å²) in [4.78, 5) is 16.9. The molecule has 1 N–H and O–H groups in total. The number of nitrogens with zero attached hydrogens (tertiary/aromatic N) is 3. The lowest BCUT2D eigenvalue weighted by molar-refractivity contribution is -0.137. The first-order valence-electron chi connectivity index (χ1n) is 10.5. The van der Waals surface area contributed by atoms with Crippen LogP contribution >= 0.6 is 0 Å². The molecular weight excluding hydrogens is 437 g/mol. The van der Waals surface area contributed by atoms with Gasteiger partial charge in [-0.25, -0.2) is 9.67 Å². The molecule has 0 bridgehead atoms. The Kier molecular flexibility index (Phi) is 6.26. The number of nitrogens with one attached hydrogen (secondary N) is 1. The summed E-state index contributed by atoms with van der Waals surface area (Å²) in [5.41, 5.74) is 0.338. The Morgan fingerprint density at radius 3 is 2.61 bits per heavy atom. The molecule has 3 aromatic rings. The van der Waals surface area contributed by atoms with Gasteiger partial charge in [-0.1, -0.05) is 18.2 Å². The van der Waals surface area contributed by atoms with Gasteiger partial charge in [-0.3, -0.25) is 4.79 Å². The summed E-state index contributed by atoms with van der Waals surface area (Å²) >= 11 is 0. The second-order valence-electron chi connectivity index (χ2n) is 7.96. The molecule has 0 saturated heterocycles. The predicted molar refractivity (Wildman–Crippen MR) is 114 cm³/mol. The number of amides is 1. The fourth-order valence-electron chi connectivity index (χ4n) is 3.51. The van der Waals surface area contributed by atoms with E-state index < -0.39 is 11.7 Å². The zero-order valence-electron chi connectivity index (χ0n) is 18.1. The van der Waals surface area contributed by atoms with Gasteiger partial charge >= 0.3 is 6.18 Å². The van der Waals surface area contributed by atoms with Crippen LogP contribution in [0.1, 0.15) is 30.8 Å². The number of fused-ring (bicyclic) bond motifs is 1. The van der Waals surface area contributed by atoms with Gasteiger partial charge in [-0.05, 0) is 43.7 Å². The molecule has 33 heavy (non-hydrogen) atoms. The van der Waals surface area contributed by atoms with Gasteiger partial charge in [0.1, 0.15) is 19.8 Å². The molecule has 7 nitrogen and oxygen atoms in total. The highest BCUT2D eigenvalue weighted by Crippen LogP contribution is 2.34. The van der Waals surface area contributed by atoms with Crippen LogP contribution < -0.4 is 14.8 Å². The third-order valence-corrected chi connectivity index (χ3v) is 4.88. The third-order valence-electron chi connectivity index (χ3n) is 4.88. The average molecular weight is 460 g/mol. The van der Waals surface area contributed by atoms with Crippen molar-refractivity contribution in [2.24, 2.45) is 0 Å². The Labute approximate surface area is 188 Å². The van der Waals surface area contributed by atoms with Crippen LogP contribution in [0, 0.1) is 0 Å². The topological polar surface area (TPSA) is 78.3 Å². The molecule has 0 spiro atoms. The Hall–Kier alpha value is -3.56. The van der Waals surface area contributed by atoms with Crippen molar-refractivity contribution in [1.29, 1.82) is 0 Å². The summed E-state index contributed by atoms with van der Waals surface area (Å²) in [5.74, 6) is 1.63. The van der Waals surface area contributed by atoms with Crippen LogP contribution in [0.2, 0.25) is 0 Å². The smallest absolute Gasteiger partial charge is 0.416 e. The minimum Gasteiger partial charge on any atom is -0.486 e. The minimum absolute atomic E-state index is 0.0525. The van der Waals surface area contributed by atoms with Gasteiger partial charge in [0.2, 0.25) is 5.91 Å². The van der Waals surface area contributed by atoms with E-state index in [0.29, 0.717) is 47.5 Å². The lowest BCUT2D eigenvalue weighted by Crippen LogP contribution is -2.33. The molecule has 0 atom stereocenters. The lowest BCUT2D eigenvalue weighted by atomic mass is 10.1. The standard InChI is InChI=1S/C23H23F3N4O3/c1-14(2)27-21(31)13-30-22(16-6-7-18-19(12-16)33-9-8-32-18)28-20(29-30)11-15-4-3-5-17(10-15)23(24,25)26/h3-7,10,12,14H,8-9,11,13H2,1-2H3,(H,27,31). The van der Waals surface area contributed by atoms with Gasteiger partial charge in [0.25, 0.3) is 0 Å². The van der Waals surface area contributed by atoms with Gasteiger partial charge in [0.15, 0.2) is 23.1 Å². The Balaban J connectivity index is 1.67. The van der Waals surface area contributed by atoms with Crippen molar-refractivity contribution in [1.82, 2.24) is 20.1 Å². The molecule has 2 aromatic carbocycles. The highest BCUT2D eigenvalue weighted by Gasteiger charge is 2.30. The van der Waals surface area contributed by atoms with Gasteiger partial charge in [0.05, 0.1) is 5.56 Å². The van der Waals surface area contributed by atoms with E-state index in [1.165, 1.54) is 10.7 Å². The number of rotatable bonds is 6. The van der Waals surface area contributed by atoms with Crippen molar-refractivity contribution in [2.45, 2.75) is 39.0 Å². The first kappa shape index (κ1) is 22.6. The number of hydrogen-bond acceptors (Lipinski definition) is 5. The van der Waals surface area contributed by atoms with Crippen LogP contribution in [0.25, 0.3) is 11.4 Å². The monoisotopic (exact) mass is 460 g/mol. The summed E-state index contributed by atoms with van der Waals surface area (Å²) in [6.07, 6.45) is -4.35. The highest BCUT2D eigenvalue weighted by atomic mass is 19.4. The van der Waals surface area contributed by atoms with Crippen molar-refractivity contribution in [2.75, 3.05) is 13.2 Å². The summed E-state index contributed by atoms with van der Waals surface area (Å²) in [6, 6.07) is 10.3. The largest absolute Gasteiger partial charge is 0.486 e. The molecule has 0 aliphatic carbocycles. The molecular formula is C23H23F3N4O3. The molecule has 2 heterocycles. The highest BCUT2D eigenvalue weighted by molar-refractivity contribution is 5.76. The van der Waals surface area contributed by atoms with Crippen molar-refractivity contribution in [3.05, 3.63) is 59.4 Å². The molecule has 0 unspecified atom stereocenters. The molecule has 10 heteroatoms. The fourth-order valence-corrected chi connectivity index (χ4v) is 3.51. The third kappa shape index (κ3) is 5.44. The zero-order chi connectivity index (χ0) is 23.6. The van der Waals surface area contributed by atoms with Gasteiger partial charge in [0, 0.05) is 18.0 Å². The van der Waals surface area contributed by atoms with Crippen LogP contribution in [-0.2, 0) is 23.9 Å². The maximum atomic E-state index is 13.1. The number of aromatic nitrogens is 3. The summed E-state index contributed by atoms with van der Waals surface area (Å²) in [7, 11) is 0. The van der Waals surface area contributed by atoms with Crippen molar-refractivity contribution >= 4 is 5.91 Å². The summed E-state index contributed by atoms with van der Waals surface area (Å²) in [6.45, 7) is 4.48. The van der Waals surface area contributed by atoms with E-state index in [0.717, 1.165) is 12.1 Å². The Bertz CT molecular complexity index is 1160. The van der Waals surface area contributed by atoms with Crippen LogP contribution in [-0.4, -0.2) is 39.9 Å². The van der Waals surface area contributed by atoms with E-state index >= 15 is 0 Å². The first-order valence-corrected chi connectivity index (χ1v) is 10.5. The number of carbonyl (C=O) groups excluding carboxylic acids is 1. The molecule has 0 fully saturated rings. The number of carbonyl (C=O) groups is 1. The van der Waals surface area contributed by atoms with Gasteiger partial charge in [-0.15, -0.1) is 0 Å². The second-order valence-corrected chi connectivity index (χ2v) is 7.96. The quantitative estimate of drug-likeness (QED) is 0.605. The van der Waals surface area contributed by atoms with E-state index in [9.17, 15) is 18.0 Å². The zero-order valence-corrected chi connectivity index (χ0v) is 18.1. The molecule has 1 aliphatic rings. The van der Waals surface area contributed by atoms with Crippen molar-refractivity contribution in [3.8, 4) is 22.9 Å². The van der Waals surface area contributed by atoms with Crippen molar-refractivity contribution < 1.29 is 27.4 Å². The van der Waals surface area contributed by atoms with Crippen molar-refractivity contribution in [3.63, 3.8) is 0 Å². The molecule has 4 rings (SSSR count). The Morgan fingerprint density at radius 2 is 1.88 bits per heavy atom. The van der Waals surface area contributed by atoms with Gasteiger partial charge < -0.3 is 14.8 Å². The van der Waals surface area contributed by atoms with E-state index in [-0.39, 0.29) is 24.9 Å². The number of halogens is 3. The second kappa shape index (κ2) is 9.13. The average Bonchev–Trinajstić information content (AvgIpc) is 3.14. The number of alkyl halides is 3. The first-order chi connectivity index (χ1) is 15.7. The molecule has 0 saturated carbocycles.